The van der Waals surface area contributed by atoms with Gasteiger partial charge in [-0.1, -0.05) is 13.8 Å². The lowest BCUT2D eigenvalue weighted by molar-refractivity contribution is -0.384. The molecule has 2 rings (SSSR count). The van der Waals surface area contributed by atoms with Crippen LogP contribution in [0.1, 0.15) is 33.4 Å². The second-order valence-electron chi connectivity index (χ2n) is 6.07. The van der Waals surface area contributed by atoms with Gasteiger partial charge < -0.3 is 11.1 Å². The molecule has 0 fully saturated rings. The molecule has 0 spiro atoms. The van der Waals surface area contributed by atoms with Crippen LogP contribution in [0.2, 0.25) is 10.6 Å². The topological polar surface area (TPSA) is 133 Å². The summed E-state index contributed by atoms with van der Waals surface area (Å²) in [5, 5.41) is 13.6. The molecule has 0 aliphatic rings. The zero-order valence-corrected chi connectivity index (χ0v) is 17.6. The lowest BCUT2D eigenvalue weighted by atomic mass is 10.1. The van der Waals surface area contributed by atoms with Crippen molar-refractivity contribution in [1.29, 1.82) is 0 Å². The van der Waals surface area contributed by atoms with E-state index in [9.17, 15) is 10.1 Å². The monoisotopic (exact) mass is 437 g/mol. The zero-order chi connectivity index (χ0) is 19.9. The van der Waals surface area contributed by atoms with Crippen LogP contribution in [-0.2, 0) is 6.42 Å². The Morgan fingerprint density at radius 3 is 2.22 bits per heavy atom. The smallest absolute Gasteiger partial charge is 0.329 e. The van der Waals surface area contributed by atoms with Gasteiger partial charge in [-0.05, 0) is 49.4 Å². The molecule has 0 saturated carbocycles. The minimum absolute atomic E-state index is 0. The number of nitrogen functional groups attached to an aromatic ring is 1. The highest BCUT2D eigenvalue weighted by Gasteiger charge is 2.17. The number of hydrogen-bond acceptors (Lipinski definition) is 8. The summed E-state index contributed by atoms with van der Waals surface area (Å²) in [5.74, 6) is 0.670. The Kier molecular flexibility index (Phi) is 10.8. The van der Waals surface area contributed by atoms with Crippen molar-refractivity contribution in [1.82, 2.24) is 19.9 Å². The van der Waals surface area contributed by atoms with E-state index in [4.69, 9.17) is 28.9 Å². The number of rotatable bonds is 5. The summed E-state index contributed by atoms with van der Waals surface area (Å²) in [5.41, 5.74) is 6.93. The Hall–Kier alpha value is -1.97. The molecular formula is C15H22Cl3N7O2. The maximum absolute atomic E-state index is 10.6. The number of aromatic nitrogens is 4. The summed E-state index contributed by atoms with van der Waals surface area (Å²) in [6.07, 6.45) is 3.47. The molecule has 0 radical (unpaired) electrons. The minimum Gasteiger partial charge on any atom is -0.396 e. The lowest BCUT2D eigenvalue weighted by Gasteiger charge is -2.08. The Labute approximate surface area is 173 Å². The number of nitrogens with zero attached hydrogens (tertiary/aromatic N) is 5. The highest BCUT2D eigenvalue weighted by Crippen LogP contribution is 2.22. The summed E-state index contributed by atoms with van der Waals surface area (Å²) in [6.45, 7) is 7.91. The number of nitro groups is 1. The van der Waals surface area contributed by atoms with Crippen molar-refractivity contribution in [3.05, 3.63) is 38.8 Å². The first-order valence-electron chi connectivity index (χ1n) is 7.80. The second-order valence-corrected chi connectivity index (χ2v) is 6.74. The van der Waals surface area contributed by atoms with Crippen LogP contribution >= 0.6 is 35.6 Å². The summed E-state index contributed by atoms with van der Waals surface area (Å²) in [7, 11) is 0. The quantitative estimate of drug-likeness (QED) is 0.403. The van der Waals surface area contributed by atoms with E-state index in [0.717, 1.165) is 18.3 Å². The van der Waals surface area contributed by atoms with Crippen LogP contribution in [0.3, 0.4) is 0 Å². The third kappa shape index (κ3) is 8.98. The number of nitrogens with two attached hydrogens (primary N) is 1. The average molecular weight is 439 g/mol. The van der Waals surface area contributed by atoms with E-state index in [-0.39, 0.29) is 40.5 Å². The Bertz CT molecular complexity index is 760. The second kappa shape index (κ2) is 11.7. The number of hydrogen-bond donors (Lipinski definition) is 2. The molecule has 0 aromatic carbocycles. The molecule has 27 heavy (non-hydrogen) atoms. The molecule has 9 nitrogen and oxygen atoms in total. The van der Waals surface area contributed by atoms with Crippen molar-refractivity contribution in [3.63, 3.8) is 0 Å². The van der Waals surface area contributed by atoms with Crippen molar-refractivity contribution in [2.75, 3.05) is 11.1 Å². The fraction of sp³-hybridized carbons (Fsp3) is 0.467. The minimum atomic E-state index is -0.555. The Balaban J connectivity index is 0.000000488. The first-order valence-corrected chi connectivity index (χ1v) is 8.56. The van der Waals surface area contributed by atoms with Gasteiger partial charge >= 0.3 is 5.69 Å². The van der Waals surface area contributed by atoms with Crippen LogP contribution in [0.5, 0.6) is 0 Å². The summed E-state index contributed by atoms with van der Waals surface area (Å²) >= 11 is 11.1. The summed E-state index contributed by atoms with van der Waals surface area (Å²) in [6, 6.07) is 0.0414. The van der Waals surface area contributed by atoms with Gasteiger partial charge in [-0.25, -0.2) is 15.0 Å². The highest BCUT2D eigenvalue weighted by atomic mass is 35.5. The predicted molar refractivity (Wildman–Crippen MR) is 110 cm³/mol. The average Bonchev–Trinajstić information content (AvgIpc) is 2.50. The first-order chi connectivity index (χ1) is 12.1. The van der Waals surface area contributed by atoms with Crippen molar-refractivity contribution in [3.8, 4) is 0 Å². The van der Waals surface area contributed by atoms with E-state index in [1.807, 2.05) is 13.8 Å². The van der Waals surface area contributed by atoms with Gasteiger partial charge in [-0.15, -0.1) is 12.4 Å². The summed E-state index contributed by atoms with van der Waals surface area (Å²) in [4.78, 5) is 25.1. The fourth-order valence-electron chi connectivity index (χ4n) is 1.82. The van der Waals surface area contributed by atoms with Gasteiger partial charge in [0.2, 0.25) is 16.4 Å². The molecule has 150 valence electrons. The van der Waals surface area contributed by atoms with E-state index >= 15 is 0 Å². The van der Waals surface area contributed by atoms with Gasteiger partial charge in [-0.2, -0.15) is 4.98 Å². The van der Waals surface area contributed by atoms with Crippen LogP contribution in [0, 0.1) is 16.0 Å². The van der Waals surface area contributed by atoms with Crippen molar-refractivity contribution in [2.45, 2.75) is 40.2 Å². The number of halogens is 3. The zero-order valence-electron chi connectivity index (χ0n) is 15.3. The summed E-state index contributed by atoms with van der Waals surface area (Å²) < 4.78 is 0. The molecule has 0 amide bonds. The van der Waals surface area contributed by atoms with E-state index in [2.05, 4.69) is 39.1 Å². The van der Waals surface area contributed by atoms with Crippen LogP contribution in [0.25, 0.3) is 0 Å². The normalized spacial score (nSPS) is 10.1. The van der Waals surface area contributed by atoms with Crippen LogP contribution < -0.4 is 11.1 Å². The SMILES string of the molecule is CC(C)Cc1nc(Cl)ncc1N.CC(C)Nc1nc(Cl)ncc1[N+](=O)[O-].Cl. The Morgan fingerprint density at radius 1 is 1.15 bits per heavy atom. The van der Waals surface area contributed by atoms with Crippen molar-refractivity contribution in [2.24, 2.45) is 5.92 Å². The molecular weight excluding hydrogens is 417 g/mol. The molecule has 3 N–H and O–H groups in total. The van der Waals surface area contributed by atoms with Crippen LogP contribution in [-0.4, -0.2) is 30.9 Å². The van der Waals surface area contributed by atoms with Crippen LogP contribution in [0.4, 0.5) is 17.2 Å². The van der Waals surface area contributed by atoms with Gasteiger partial charge in [0.05, 0.1) is 22.5 Å². The van der Waals surface area contributed by atoms with Gasteiger partial charge in [0.15, 0.2) is 0 Å². The third-order valence-electron chi connectivity index (χ3n) is 2.83. The molecule has 0 aliphatic heterocycles. The largest absolute Gasteiger partial charge is 0.396 e. The van der Waals surface area contributed by atoms with Gasteiger partial charge in [0, 0.05) is 6.04 Å². The van der Waals surface area contributed by atoms with Gasteiger partial charge in [0.1, 0.15) is 6.20 Å². The molecule has 0 atom stereocenters. The standard InChI is InChI=1S/C8H12ClN3.C7H9ClN4O2.ClH/c1-5(2)3-7-6(10)4-11-8(9)12-7;1-4(2)10-6-5(12(13)14)3-9-7(8)11-6;/h4-5H,3,10H2,1-2H3;3-4H,1-2H3,(H,9,10,11);1H. The molecule has 2 aromatic rings. The van der Waals surface area contributed by atoms with Crippen LogP contribution in [0.15, 0.2) is 12.4 Å². The van der Waals surface area contributed by atoms with E-state index in [0.29, 0.717) is 11.6 Å². The van der Waals surface area contributed by atoms with E-state index in [1.165, 1.54) is 0 Å². The maximum Gasteiger partial charge on any atom is 0.329 e. The molecule has 2 heterocycles. The molecule has 0 aliphatic carbocycles. The Morgan fingerprint density at radius 2 is 1.70 bits per heavy atom. The maximum atomic E-state index is 10.6. The molecule has 0 bridgehead atoms. The van der Waals surface area contributed by atoms with Crippen molar-refractivity contribution < 1.29 is 4.92 Å². The van der Waals surface area contributed by atoms with Gasteiger partial charge in [0.25, 0.3) is 0 Å². The van der Waals surface area contributed by atoms with E-state index in [1.54, 1.807) is 6.20 Å². The molecule has 2 aromatic heterocycles. The molecule has 0 saturated heterocycles. The first kappa shape index (κ1) is 25.0. The van der Waals surface area contributed by atoms with Crippen molar-refractivity contribution >= 4 is 52.8 Å². The van der Waals surface area contributed by atoms with Gasteiger partial charge in [-0.3, -0.25) is 10.1 Å². The van der Waals surface area contributed by atoms with E-state index < -0.39 is 4.92 Å². The lowest BCUT2D eigenvalue weighted by Crippen LogP contribution is -2.13. The fourth-order valence-corrected chi connectivity index (χ4v) is 2.10. The highest BCUT2D eigenvalue weighted by molar-refractivity contribution is 6.28. The third-order valence-corrected chi connectivity index (χ3v) is 3.20. The molecule has 0 unspecified atom stereocenters. The predicted octanol–water partition coefficient (Wildman–Crippen LogP) is 4.19. The number of anilines is 2. The number of nitrogens with one attached hydrogen (secondary N) is 1. The molecule has 12 heteroatoms.